The van der Waals surface area contributed by atoms with Crippen molar-refractivity contribution in [3.8, 4) is 0 Å². The first kappa shape index (κ1) is 19.1. The molecule has 2 atom stereocenters. The largest absolute Gasteiger partial charge is 0.466 e. The summed E-state index contributed by atoms with van der Waals surface area (Å²) in [6.45, 7) is -2.55. The second kappa shape index (κ2) is 7.54. The van der Waals surface area contributed by atoms with Gasteiger partial charge in [-0.15, -0.1) is 0 Å². The SMILES string of the molecule is COC(=O)C1=C(CF)NC2=C(C(=O)CC2)[C@H]1c1cccc(F)c1C(F)CF. The van der Waals surface area contributed by atoms with Crippen molar-refractivity contribution in [2.24, 2.45) is 0 Å². The maximum absolute atomic E-state index is 14.3. The van der Waals surface area contributed by atoms with Gasteiger partial charge in [0.05, 0.1) is 18.4 Å². The summed E-state index contributed by atoms with van der Waals surface area (Å²) in [5.74, 6) is -3.50. The highest BCUT2D eigenvalue weighted by Crippen LogP contribution is 2.46. The standard InChI is InChI=1S/C19H17F4NO3/c1-27-19(26)18-13(8-21)24-12-5-6-14(25)17(12)16(18)9-3-2-4-10(22)15(9)11(23)7-20/h2-4,11,16,24H,5-8H2,1H3/t11?,16-/m1/s1. The maximum atomic E-state index is 14.3. The van der Waals surface area contributed by atoms with Gasteiger partial charge in [-0.25, -0.2) is 22.4 Å². The van der Waals surface area contributed by atoms with Gasteiger partial charge in [0.2, 0.25) is 0 Å². The van der Waals surface area contributed by atoms with Crippen molar-refractivity contribution in [2.75, 3.05) is 20.5 Å². The van der Waals surface area contributed by atoms with E-state index in [0.717, 1.165) is 13.2 Å². The summed E-state index contributed by atoms with van der Waals surface area (Å²) in [5, 5.41) is 2.74. The molecule has 1 aromatic carbocycles. The molecule has 0 radical (unpaired) electrons. The summed E-state index contributed by atoms with van der Waals surface area (Å²) >= 11 is 0. The Bertz CT molecular complexity index is 863. The third-order valence-corrected chi connectivity index (χ3v) is 4.82. The number of ether oxygens (including phenoxy) is 1. The molecule has 0 spiro atoms. The number of methoxy groups -OCH3 is 1. The van der Waals surface area contributed by atoms with Gasteiger partial charge in [-0.05, 0) is 18.1 Å². The Kier molecular flexibility index (Phi) is 5.34. The number of carbonyl (C=O) groups is 2. The molecular formula is C19H17F4NO3. The van der Waals surface area contributed by atoms with Crippen LogP contribution >= 0.6 is 0 Å². The molecule has 3 rings (SSSR count). The Hall–Kier alpha value is -2.64. The van der Waals surface area contributed by atoms with Crippen LogP contribution in [0.2, 0.25) is 0 Å². The van der Waals surface area contributed by atoms with Crippen molar-refractivity contribution in [3.63, 3.8) is 0 Å². The maximum Gasteiger partial charge on any atom is 0.336 e. The van der Waals surface area contributed by atoms with Crippen molar-refractivity contribution in [1.82, 2.24) is 5.32 Å². The molecule has 1 aliphatic heterocycles. The van der Waals surface area contributed by atoms with Crippen molar-refractivity contribution < 1.29 is 31.9 Å². The molecule has 1 aromatic rings. The topological polar surface area (TPSA) is 55.4 Å². The second-order valence-electron chi connectivity index (χ2n) is 6.26. The van der Waals surface area contributed by atoms with Crippen LogP contribution in [0.3, 0.4) is 0 Å². The van der Waals surface area contributed by atoms with Crippen LogP contribution in [0.1, 0.15) is 36.1 Å². The lowest BCUT2D eigenvalue weighted by Gasteiger charge is -2.30. The van der Waals surface area contributed by atoms with Crippen LogP contribution in [0.15, 0.2) is 40.7 Å². The van der Waals surface area contributed by atoms with Gasteiger partial charge >= 0.3 is 5.97 Å². The van der Waals surface area contributed by atoms with E-state index in [9.17, 15) is 27.2 Å². The van der Waals surface area contributed by atoms with Crippen molar-refractivity contribution in [2.45, 2.75) is 24.9 Å². The van der Waals surface area contributed by atoms with E-state index in [1.54, 1.807) is 0 Å². The van der Waals surface area contributed by atoms with Crippen molar-refractivity contribution in [1.29, 1.82) is 0 Å². The molecule has 8 heteroatoms. The minimum absolute atomic E-state index is 0.0873. The highest BCUT2D eigenvalue weighted by Gasteiger charge is 2.42. The van der Waals surface area contributed by atoms with Crippen LogP contribution in [0, 0.1) is 5.82 Å². The summed E-state index contributed by atoms with van der Waals surface area (Å²) in [6, 6.07) is 3.54. The predicted molar refractivity (Wildman–Crippen MR) is 88.4 cm³/mol. The number of Topliss-reactive ketones (excluding diaryl/α,β-unsaturated/α-hetero) is 1. The molecule has 0 bridgehead atoms. The van der Waals surface area contributed by atoms with Gasteiger partial charge in [0.1, 0.15) is 19.2 Å². The van der Waals surface area contributed by atoms with E-state index >= 15 is 0 Å². The highest BCUT2D eigenvalue weighted by atomic mass is 19.2. The number of carbonyl (C=O) groups excluding carboxylic acids is 2. The van der Waals surface area contributed by atoms with Gasteiger partial charge < -0.3 is 10.1 Å². The van der Waals surface area contributed by atoms with Gasteiger partial charge in [0.15, 0.2) is 12.0 Å². The quantitative estimate of drug-likeness (QED) is 0.625. The van der Waals surface area contributed by atoms with E-state index in [-0.39, 0.29) is 41.0 Å². The first-order valence-electron chi connectivity index (χ1n) is 8.33. The number of allylic oxidation sites excluding steroid dienone is 3. The Labute approximate surface area is 152 Å². The number of rotatable bonds is 5. The van der Waals surface area contributed by atoms with E-state index in [0.29, 0.717) is 5.70 Å². The molecule has 0 saturated carbocycles. The molecule has 0 fully saturated rings. The molecule has 0 saturated heterocycles. The number of ketones is 1. The molecule has 0 amide bonds. The molecule has 144 valence electrons. The van der Waals surface area contributed by atoms with Gasteiger partial charge in [-0.3, -0.25) is 4.79 Å². The minimum atomic E-state index is -2.29. The minimum Gasteiger partial charge on any atom is -0.466 e. The average molecular weight is 383 g/mol. The number of hydrogen-bond acceptors (Lipinski definition) is 4. The van der Waals surface area contributed by atoms with Crippen LogP contribution in [0.5, 0.6) is 0 Å². The fourth-order valence-corrected chi connectivity index (χ4v) is 3.69. The van der Waals surface area contributed by atoms with Crippen molar-refractivity contribution >= 4 is 11.8 Å². The number of esters is 1. The first-order chi connectivity index (χ1) is 12.9. The molecule has 1 N–H and O–H groups in total. The van der Waals surface area contributed by atoms with E-state index in [4.69, 9.17) is 4.74 Å². The Balaban J connectivity index is 2.30. The normalized spacial score (nSPS) is 20.5. The highest BCUT2D eigenvalue weighted by molar-refractivity contribution is 6.05. The molecular weight excluding hydrogens is 366 g/mol. The summed E-state index contributed by atoms with van der Waals surface area (Å²) in [7, 11) is 1.08. The predicted octanol–water partition coefficient (Wildman–Crippen LogP) is 3.51. The average Bonchev–Trinajstić information content (AvgIpc) is 3.05. The summed E-state index contributed by atoms with van der Waals surface area (Å²) in [6.07, 6.45) is -1.88. The summed E-state index contributed by atoms with van der Waals surface area (Å²) in [4.78, 5) is 24.8. The van der Waals surface area contributed by atoms with Crippen molar-refractivity contribution in [3.05, 3.63) is 57.7 Å². The summed E-state index contributed by atoms with van der Waals surface area (Å²) < 4.78 is 59.9. The second-order valence-corrected chi connectivity index (χ2v) is 6.26. The lowest BCUT2D eigenvalue weighted by Crippen LogP contribution is -2.32. The van der Waals surface area contributed by atoms with Crippen LogP contribution < -0.4 is 5.32 Å². The fraction of sp³-hybridized carbons (Fsp3) is 0.368. The van der Waals surface area contributed by atoms with Crippen LogP contribution in [-0.2, 0) is 14.3 Å². The fourth-order valence-electron chi connectivity index (χ4n) is 3.69. The molecule has 2 aliphatic rings. The number of nitrogens with one attached hydrogen (secondary N) is 1. The number of benzene rings is 1. The van der Waals surface area contributed by atoms with E-state index in [2.05, 4.69) is 5.32 Å². The third-order valence-electron chi connectivity index (χ3n) is 4.82. The first-order valence-corrected chi connectivity index (χ1v) is 8.33. The van der Waals surface area contributed by atoms with Crippen LogP contribution in [0.4, 0.5) is 17.6 Å². The zero-order valence-electron chi connectivity index (χ0n) is 14.5. The number of hydrogen-bond donors (Lipinski definition) is 1. The number of halogens is 4. The molecule has 4 nitrogen and oxygen atoms in total. The molecule has 1 unspecified atom stereocenters. The van der Waals surface area contributed by atoms with Gasteiger partial charge in [0, 0.05) is 29.2 Å². The summed E-state index contributed by atoms with van der Waals surface area (Å²) in [5.41, 5.74) is -0.520. The molecule has 0 aromatic heterocycles. The monoisotopic (exact) mass is 383 g/mol. The zero-order chi connectivity index (χ0) is 19.7. The van der Waals surface area contributed by atoms with Gasteiger partial charge in [-0.1, -0.05) is 12.1 Å². The van der Waals surface area contributed by atoms with E-state index in [1.165, 1.54) is 12.1 Å². The number of alkyl halides is 3. The Morgan fingerprint density at radius 1 is 1.33 bits per heavy atom. The molecule has 1 heterocycles. The van der Waals surface area contributed by atoms with E-state index < -0.39 is 42.8 Å². The molecule has 1 aliphatic carbocycles. The van der Waals surface area contributed by atoms with Gasteiger partial charge in [0.25, 0.3) is 0 Å². The zero-order valence-corrected chi connectivity index (χ0v) is 14.5. The Morgan fingerprint density at radius 3 is 2.70 bits per heavy atom. The molecule has 27 heavy (non-hydrogen) atoms. The van der Waals surface area contributed by atoms with Crippen LogP contribution in [-0.4, -0.2) is 32.2 Å². The Morgan fingerprint density at radius 2 is 2.07 bits per heavy atom. The lowest BCUT2D eigenvalue weighted by molar-refractivity contribution is -0.136. The van der Waals surface area contributed by atoms with Gasteiger partial charge in [-0.2, -0.15) is 0 Å². The third kappa shape index (κ3) is 3.13. The number of dihydropyridines is 1. The lowest BCUT2D eigenvalue weighted by atomic mass is 9.77. The smallest absolute Gasteiger partial charge is 0.336 e. The van der Waals surface area contributed by atoms with Crippen LogP contribution in [0.25, 0.3) is 0 Å². The van der Waals surface area contributed by atoms with E-state index in [1.807, 2.05) is 0 Å².